The summed E-state index contributed by atoms with van der Waals surface area (Å²) in [5, 5.41) is 15.0. The van der Waals surface area contributed by atoms with E-state index in [1.165, 1.54) is 6.07 Å². The second-order valence-electron chi connectivity index (χ2n) is 9.19. The van der Waals surface area contributed by atoms with Gasteiger partial charge in [-0.05, 0) is 43.0 Å². The molecule has 2 amide bonds. The van der Waals surface area contributed by atoms with Crippen LogP contribution in [0.4, 0.5) is 14.5 Å². The molecule has 1 saturated heterocycles. The molecule has 1 atom stereocenters. The zero-order valence-corrected chi connectivity index (χ0v) is 20.3. The molecule has 0 radical (unpaired) electrons. The minimum absolute atomic E-state index is 0.0304. The van der Waals surface area contributed by atoms with Gasteiger partial charge in [-0.1, -0.05) is 38.1 Å². The number of aliphatic hydroxyl groups is 1. The molecule has 1 fully saturated rings. The van der Waals surface area contributed by atoms with Crippen LogP contribution >= 0.6 is 0 Å². The summed E-state index contributed by atoms with van der Waals surface area (Å²) in [5.74, 6) is -0.881. The lowest BCUT2D eigenvalue weighted by atomic mass is 9.69. The summed E-state index contributed by atoms with van der Waals surface area (Å²) in [7, 11) is 0. The molecule has 0 aliphatic carbocycles. The first-order valence-corrected chi connectivity index (χ1v) is 11.5. The SMILES string of the molecule is Cc1ccc(NC(=O)C2(c3ccccc3C(C)C)CN(C(=O)CNC[C@@H](C)O)C2)c(OC(F)F)n1. The quantitative estimate of drug-likeness (QED) is 0.473. The predicted octanol–water partition coefficient (Wildman–Crippen LogP) is 2.80. The van der Waals surface area contributed by atoms with Crippen molar-refractivity contribution < 1.29 is 28.2 Å². The van der Waals surface area contributed by atoms with E-state index in [1.54, 1.807) is 24.8 Å². The number of carbonyl (C=O) groups is 2. The van der Waals surface area contributed by atoms with Crippen LogP contribution in [0.25, 0.3) is 0 Å². The average Bonchev–Trinajstić information content (AvgIpc) is 2.74. The Balaban J connectivity index is 1.90. The Kier molecular flexibility index (Phi) is 8.39. The molecule has 35 heavy (non-hydrogen) atoms. The van der Waals surface area contributed by atoms with Crippen LogP contribution in [0.5, 0.6) is 5.88 Å². The summed E-state index contributed by atoms with van der Waals surface area (Å²) >= 11 is 0. The number of hydrogen-bond donors (Lipinski definition) is 3. The van der Waals surface area contributed by atoms with Gasteiger partial charge in [0, 0.05) is 25.3 Å². The molecule has 2 aromatic rings. The van der Waals surface area contributed by atoms with E-state index in [4.69, 9.17) is 0 Å². The van der Waals surface area contributed by atoms with Crippen molar-refractivity contribution in [2.45, 2.75) is 51.7 Å². The zero-order chi connectivity index (χ0) is 25.8. The van der Waals surface area contributed by atoms with Gasteiger partial charge in [0.2, 0.25) is 17.7 Å². The smallest absolute Gasteiger partial charge is 0.388 e. The second-order valence-corrected chi connectivity index (χ2v) is 9.19. The lowest BCUT2D eigenvalue weighted by molar-refractivity contribution is -0.143. The van der Waals surface area contributed by atoms with E-state index < -0.39 is 24.0 Å². The minimum Gasteiger partial charge on any atom is -0.415 e. The molecule has 2 heterocycles. The number of anilines is 1. The number of alkyl halides is 2. The van der Waals surface area contributed by atoms with E-state index in [0.717, 1.165) is 11.1 Å². The second kappa shape index (κ2) is 11.1. The van der Waals surface area contributed by atoms with Gasteiger partial charge in [-0.2, -0.15) is 8.78 Å². The molecule has 3 N–H and O–H groups in total. The summed E-state index contributed by atoms with van der Waals surface area (Å²) in [6, 6.07) is 10.6. The van der Waals surface area contributed by atoms with E-state index in [9.17, 15) is 23.5 Å². The standard InChI is InChI=1S/C25H32F2N4O4/c1-15(2)18-7-5-6-8-19(18)25(13-31(14-25)21(33)12-28-11-17(4)32)23(34)30-20-10-9-16(3)29-22(20)35-24(26)27/h5-10,15,17,24,28,32H,11-14H2,1-4H3,(H,30,34)/t17-/m1/s1. The molecule has 10 heteroatoms. The zero-order valence-electron chi connectivity index (χ0n) is 20.3. The highest BCUT2D eigenvalue weighted by molar-refractivity contribution is 6.02. The maximum atomic E-state index is 13.7. The topological polar surface area (TPSA) is 104 Å². The number of carbonyl (C=O) groups excluding carboxylic acids is 2. The van der Waals surface area contributed by atoms with Crippen LogP contribution in [0.3, 0.4) is 0 Å². The van der Waals surface area contributed by atoms with Gasteiger partial charge in [-0.3, -0.25) is 9.59 Å². The molecule has 1 aliphatic rings. The van der Waals surface area contributed by atoms with Crippen molar-refractivity contribution in [1.29, 1.82) is 0 Å². The van der Waals surface area contributed by atoms with Crippen LogP contribution in [0.2, 0.25) is 0 Å². The number of nitrogens with zero attached hydrogens (tertiary/aromatic N) is 2. The number of hydrogen-bond acceptors (Lipinski definition) is 6. The van der Waals surface area contributed by atoms with Crippen LogP contribution in [-0.2, 0) is 15.0 Å². The third kappa shape index (κ3) is 6.12. The van der Waals surface area contributed by atoms with E-state index in [2.05, 4.69) is 20.4 Å². The fourth-order valence-corrected chi connectivity index (χ4v) is 4.20. The molecule has 0 saturated carbocycles. The van der Waals surface area contributed by atoms with Crippen LogP contribution in [0.1, 0.15) is 43.5 Å². The number of aliphatic hydroxyl groups excluding tert-OH is 1. The molecule has 8 nitrogen and oxygen atoms in total. The van der Waals surface area contributed by atoms with Crippen molar-refractivity contribution in [2.24, 2.45) is 0 Å². The highest BCUT2D eigenvalue weighted by atomic mass is 19.3. The van der Waals surface area contributed by atoms with Gasteiger partial charge in [-0.15, -0.1) is 0 Å². The normalized spacial score (nSPS) is 15.6. The van der Waals surface area contributed by atoms with Gasteiger partial charge in [-0.25, -0.2) is 4.98 Å². The van der Waals surface area contributed by atoms with Crippen molar-refractivity contribution in [3.05, 3.63) is 53.2 Å². The number of ether oxygens (including phenoxy) is 1. The number of amides is 2. The molecular formula is C25H32F2N4O4. The van der Waals surface area contributed by atoms with Crippen LogP contribution in [-0.4, -0.2) is 65.7 Å². The number of rotatable bonds is 10. The average molecular weight is 491 g/mol. The molecule has 1 aromatic carbocycles. The number of aryl methyl sites for hydroxylation is 1. The van der Waals surface area contributed by atoms with Gasteiger partial charge in [0.05, 0.1) is 12.6 Å². The fraction of sp³-hybridized carbons (Fsp3) is 0.480. The van der Waals surface area contributed by atoms with Gasteiger partial charge < -0.3 is 25.4 Å². The van der Waals surface area contributed by atoms with Gasteiger partial charge in [0.1, 0.15) is 11.1 Å². The Labute approximate surface area is 203 Å². The lowest BCUT2D eigenvalue weighted by Crippen LogP contribution is -2.67. The van der Waals surface area contributed by atoms with E-state index in [-0.39, 0.29) is 49.6 Å². The third-order valence-electron chi connectivity index (χ3n) is 5.97. The number of likely N-dealkylation sites (tertiary alicyclic amines) is 1. The Morgan fingerprint density at radius 1 is 1.17 bits per heavy atom. The van der Waals surface area contributed by atoms with Crippen molar-refractivity contribution >= 4 is 17.5 Å². The van der Waals surface area contributed by atoms with E-state index in [0.29, 0.717) is 5.69 Å². The van der Waals surface area contributed by atoms with Crippen molar-refractivity contribution in [3.8, 4) is 5.88 Å². The molecule has 0 spiro atoms. The van der Waals surface area contributed by atoms with Crippen molar-refractivity contribution in [2.75, 3.05) is 31.5 Å². The number of pyridine rings is 1. The van der Waals surface area contributed by atoms with Crippen LogP contribution in [0.15, 0.2) is 36.4 Å². The summed E-state index contributed by atoms with van der Waals surface area (Å²) in [6.45, 7) is 4.74. The maximum Gasteiger partial charge on any atom is 0.388 e. The first-order valence-electron chi connectivity index (χ1n) is 11.5. The third-order valence-corrected chi connectivity index (χ3v) is 5.97. The number of halogens is 2. The molecule has 1 aromatic heterocycles. The first-order chi connectivity index (χ1) is 16.5. The van der Waals surface area contributed by atoms with Gasteiger partial charge >= 0.3 is 6.61 Å². The highest BCUT2D eigenvalue weighted by Gasteiger charge is 2.53. The maximum absolute atomic E-state index is 13.7. The molecular weight excluding hydrogens is 458 g/mol. The Morgan fingerprint density at radius 3 is 2.49 bits per heavy atom. The number of nitrogens with one attached hydrogen (secondary N) is 2. The summed E-state index contributed by atoms with van der Waals surface area (Å²) < 4.78 is 30.4. The fourth-order valence-electron chi connectivity index (χ4n) is 4.20. The van der Waals surface area contributed by atoms with E-state index in [1.807, 2.05) is 38.1 Å². The largest absolute Gasteiger partial charge is 0.415 e. The highest BCUT2D eigenvalue weighted by Crippen LogP contribution is 2.40. The Morgan fingerprint density at radius 2 is 1.86 bits per heavy atom. The van der Waals surface area contributed by atoms with E-state index >= 15 is 0 Å². The molecule has 0 bridgehead atoms. The lowest BCUT2D eigenvalue weighted by Gasteiger charge is -2.50. The predicted molar refractivity (Wildman–Crippen MR) is 128 cm³/mol. The Hall–Kier alpha value is -3.11. The molecule has 190 valence electrons. The number of aromatic nitrogens is 1. The van der Waals surface area contributed by atoms with Crippen LogP contribution < -0.4 is 15.4 Å². The van der Waals surface area contributed by atoms with Crippen LogP contribution in [0, 0.1) is 6.92 Å². The van der Waals surface area contributed by atoms with Crippen molar-refractivity contribution in [1.82, 2.24) is 15.2 Å². The molecule has 3 rings (SSSR count). The summed E-state index contributed by atoms with van der Waals surface area (Å²) in [4.78, 5) is 31.9. The summed E-state index contributed by atoms with van der Waals surface area (Å²) in [6.07, 6.45) is -0.588. The molecule has 0 unspecified atom stereocenters. The minimum atomic E-state index is -3.10. The monoisotopic (exact) mass is 490 g/mol. The Bertz CT molecular complexity index is 1060. The molecule has 1 aliphatic heterocycles. The first kappa shape index (κ1) is 26.5. The summed E-state index contributed by atoms with van der Waals surface area (Å²) in [5.41, 5.74) is 1.17. The van der Waals surface area contributed by atoms with Crippen molar-refractivity contribution in [3.63, 3.8) is 0 Å². The number of benzene rings is 1. The van der Waals surface area contributed by atoms with Gasteiger partial charge in [0.15, 0.2) is 0 Å². The van der Waals surface area contributed by atoms with Gasteiger partial charge in [0.25, 0.3) is 0 Å².